The van der Waals surface area contributed by atoms with Gasteiger partial charge in [0.1, 0.15) is 11.5 Å². The van der Waals surface area contributed by atoms with E-state index in [1.165, 1.54) is 4.90 Å². The van der Waals surface area contributed by atoms with Gasteiger partial charge in [0.05, 0.1) is 32.4 Å². The van der Waals surface area contributed by atoms with Crippen LogP contribution in [-0.2, 0) is 9.59 Å². The van der Waals surface area contributed by atoms with E-state index in [4.69, 9.17) is 14.2 Å². The molecule has 1 amide bonds. The van der Waals surface area contributed by atoms with Gasteiger partial charge in [-0.1, -0.05) is 32.0 Å². The Bertz CT molecular complexity index is 1460. The van der Waals surface area contributed by atoms with Crippen molar-refractivity contribution in [2.45, 2.75) is 46.6 Å². The Morgan fingerprint density at radius 2 is 1.67 bits per heavy atom. The number of aliphatic hydroxyl groups excluding tert-OH is 1. The molecule has 4 rings (SSSR count). The fourth-order valence-corrected chi connectivity index (χ4v) is 5.05. The molecule has 1 fully saturated rings. The minimum atomic E-state index is -0.888. The first-order chi connectivity index (χ1) is 18.6. The fraction of sp³-hybridized carbons (Fsp3) is 0.312. The largest absolute Gasteiger partial charge is 0.507 e. The van der Waals surface area contributed by atoms with Crippen LogP contribution in [-0.4, -0.2) is 37.6 Å². The Morgan fingerprint density at radius 3 is 2.28 bits per heavy atom. The van der Waals surface area contributed by atoms with Crippen LogP contribution in [0.3, 0.4) is 0 Å². The zero-order valence-corrected chi connectivity index (χ0v) is 23.5. The molecule has 0 spiro atoms. The van der Waals surface area contributed by atoms with E-state index in [1.54, 1.807) is 38.5 Å². The number of benzene rings is 3. The van der Waals surface area contributed by atoms with Gasteiger partial charge in [0.2, 0.25) is 0 Å². The molecule has 0 saturated carbocycles. The van der Waals surface area contributed by atoms with Crippen molar-refractivity contribution >= 4 is 23.1 Å². The molecule has 1 saturated heterocycles. The van der Waals surface area contributed by atoms with Crippen molar-refractivity contribution in [2.75, 3.05) is 25.7 Å². The van der Waals surface area contributed by atoms with Gasteiger partial charge < -0.3 is 19.3 Å². The van der Waals surface area contributed by atoms with Crippen molar-refractivity contribution in [1.29, 1.82) is 0 Å². The summed E-state index contributed by atoms with van der Waals surface area (Å²) in [5.74, 6) is 0.116. The number of ether oxygens (including phenoxy) is 3. The molecule has 3 aromatic rings. The second-order valence-corrected chi connectivity index (χ2v) is 9.92. The molecule has 1 heterocycles. The van der Waals surface area contributed by atoms with Crippen LogP contribution in [0.5, 0.6) is 17.2 Å². The maximum absolute atomic E-state index is 13.7. The zero-order chi connectivity index (χ0) is 28.4. The molecule has 39 heavy (non-hydrogen) atoms. The van der Waals surface area contributed by atoms with Crippen molar-refractivity contribution in [1.82, 2.24) is 0 Å². The highest BCUT2D eigenvalue weighted by Gasteiger charge is 2.47. The first-order valence-electron chi connectivity index (χ1n) is 13.0. The third kappa shape index (κ3) is 5.09. The Hall–Kier alpha value is -4.26. The normalized spacial score (nSPS) is 16.6. The number of carbonyl (C=O) groups excluding carboxylic acids is 2. The quantitative estimate of drug-likeness (QED) is 0.205. The number of hydrogen-bond acceptors (Lipinski definition) is 6. The number of rotatable bonds is 8. The van der Waals surface area contributed by atoms with Crippen LogP contribution in [0.25, 0.3) is 5.76 Å². The van der Waals surface area contributed by atoms with Crippen molar-refractivity contribution in [2.24, 2.45) is 0 Å². The van der Waals surface area contributed by atoms with Crippen LogP contribution in [0, 0.1) is 13.8 Å². The molecule has 1 aliphatic heterocycles. The standard InChI is InChI=1S/C32H35NO6/c1-8-39-27-16-21(12-13-25(27)37-6)29-28(31(35)32(36)33(29)22-11-9-10-19(4)14-22)30(34)24-17-23(18(2)3)26(38-7)15-20(24)5/h9-18,29,34H,8H2,1-7H3/b30-28+. The van der Waals surface area contributed by atoms with Gasteiger partial charge in [-0.15, -0.1) is 0 Å². The minimum absolute atomic E-state index is 0.0112. The summed E-state index contributed by atoms with van der Waals surface area (Å²) in [6, 6.07) is 15.5. The van der Waals surface area contributed by atoms with Crippen LogP contribution >= 0.6 is 0 Å². The second-order valence-electron chi connectivity index (χ2n) is 9.92. The van der Waals surface area contributed by atoms with Crippen LogP contribution < -0.4 is 19.1 Å². The van der Waals surface area contributed by atoms with Crippen LogP contribution in [0.1, 0.15) is 60.5 Å². The first kappa shape index (κ1) is 27.8. The second kappa shape index (κ2) is 11.2. The predicted molar refractivity (Wildman–Crippen MR) is 152 cm³/mol. The van der Waals surface area contributed by atoms with Gasteiger partial charge in [-0.25, -0.2) is 0 Å². The van der Waals surface area contributed by atoms with E-state index < -0.39 is 17.7 Å². The average Bonchev–Trinajstić information content (AvgIpc) is 3.18. The minimum Gasteiger partial charge on any atom is -0.507 e. The number of amides is 1. The molecule has 7 heteroatoms. The summed E-state index contributed by atoms with van der Waals surface area (Å²) in [5.41, 5.74) is 4.20. The third-order valence-electron chi connectivity index (χ3n) is 6.98. The van der Waals surface area contributed by atoms with Crippen molar-refractivity contribution in [3.63, 3.8) is 0 Å². The number of ketones is 1. The number of anilines is 1. The van der Waals surface area contributed by atoms with Gasteiger partial charge in [0, 0.05) is 11.3 Å². The van der Waals surface area contributed by atoms with Gasteiger partial charge in [0.25, 0.3) is 11.7 Å². The zero-order valence-electron chi connectivity index (χ0n) is 23.5. The lowest BCUT2D eigenvalue weighted by atomic mass is 9.91. The number of aliphatic hydroxyl groups is 1. The van der Waals surface area contributed by atoms with E-state index >= 15 is 0 Å². The van der Waals surface area contributed by atoms with E-state index in [-0.39, 0.29) is 17.3 Å². The first-order valence-corrected chi connectivity index (χ1v) is 13.0. The maximum Gasteiger partial charge on any atom is 0.300 e. The summed E-state index contributed by atoms with van der Waals surface area (Å²) in [5, 5.41) is 11.8. The van der Waals surface area contributed by atoms with Gasteiger partial charge >= 0.3 is 0 Å². The van der Waals surface area contributed by atoms with Crippen LogP contribution in [0.2, 0.25) is 0 Å². The van der Waals surface area contributed by atoms with E-state index in [2.05, 4.69) is 0 Å². The lowest BCUT2D eigenvalue weighted by Gasteiger charge is -2.26. The summed E-state index contributed by atoms with van der Waals surface area (Å²) in [6.07, 6.45) is 0. The van der Waals surface area contributed by atoms with E-state index in [0.29, 0.717) is 40.7 Å². The topological polar surface area (TPSA) is 85.3 Å². The third-order valence-corrected chi connectivity index (χ3v) is 6.98. The fourth-order valence-electron chi connectivity index (χ4n) is 5.05. The van der Waals surface area contributed by atoms with Crippen LogP contribution in [0.4, 0.5) is 5.69 Å². The number of methoxy groups -OCH3 is 2. The lowest BCUT2D eigenvalue weighted by molar-refractivity contribution is -0.132. The molecule has 0 radical (unpaired) electrons. The monoisotopic (exact) mass is 529 g/mol. The number of Topliss-reactive ketones (excluding diaryl/α,β-unsaturated/α-hetero) is 1. The number of carbonyl (C=O) groups is 2. The molecule has 1 unspecified atom stereocenters. The highest BCUT2D eigenvalue weighted by atomic mass is 16.5. The van der Waals surface area contributed by atoms with Crippen molar-refractivity contribution in [3.05, 3.63) is 88.0 Å². The molecule has 1 N–H and O–H groups in total. The predicted octanol–water partition coefficient (Wildman–Crippen LogP) is 6.47. The smallest absolute Gasteiger partial charge is 0.300 e. The molecule has 7 nitrogen and oxygen atoms in total. The highest BCUT2D eigenvalue weighted by Crippen LogP contribution is 2.45. The van der Waals surface area contributed by atoms with E-state index in [0.717, 1.165) is 16.7 Å². The van der Waals surface area contributed by atoms with Gasteiger partial charge in [-0.05, 0) is 85.3 Å². The van der Waals surface area contributed by atoms with Crippen LogP contribution in [0.15, 0.2) is 60.2 Å². The Morgan fingerprint density at radius 1 is 0.949 bits per heavy atom. The highest BCUT2D eigenvalue weighted by molar-refractivity contribution is 6.51. The van der Waals surface area contributed by atoms with Gasteiger partial charge in [-0.3, -0.25) is 14.5 Å². The summed E-state index contributed by atoms with van der Waals surface area (Å²) >= 11 is 0. The molecule has 3 aromatic carbocycles. The summed E-state index contributed by atoms with van der Waals surface area (Å²) in [6.45, 7) is 10.1. The number of hydrogen-bond donors (Lipinski definition) is 1. The molecule has 0 aromatic heterocycles. The molecule has 204 valence electrons. The SMILES string of the molecule is CCOc1cc(C2/C(=C(\O)c3cc(C(C)C)c(OC)cc3C)C(=O)C(=O)N2c2cccc(C)c2)ccc1OC. The molecule has 0 bridgehead atoms. The van der Waals surface area contributed by atoms with Crippen molar-refractivity contribution in [3.8, 4) is 17.2 Å². The molecule has 0 aliphatic carbocycles. The number of nitrogens with zero attached hydrogens (tertiary/aromatic N) is 1. The van der Waals surface area contributed by atoms with Crippen molar-refractivity contribution < 1.29 is 28.9 Å². The Labute approximate surface area is 229 Å². The molecular formula is C32H35NO6. The summed E-state index contributed by atoms with van der Waals surface area (Å²) < 4.78 is 16.8. The lowest BCUT2D eigenvalue weighted by Crippen LogP contribution is -2.29. The van der Waals surface area contributed by atoms with E-state index in [9.17, 15) is 14.7 Å². The molecular weight excluding hydrogens is 494 g/mol. The Kier molecular flexibility index (Phi) is 8.00. The Balaban J connectivity index is 2.02. The number of aryl methyl sites for hydroxylation is 2. The average molecular weight is 530 g/mol. The van der Waals surface area contributed by atoms with Gasteiger partial charge in [-0.2, -0.15) is 0 Å². The maximum atomic E-state index is 13.7. The summed E-state index contributed by atoms with van der Waals surface area (Å²) in [4.78, 5) is 28.7. The van der Waals surface area contributed by atoms with E-state index in [1.807, 2.05) is 65.0 Å². The summed E-state index contributed by atoms with van der Waals surface area (Å²) in [7, 11) is 3.16. The molecule has 1 aliphatic rings. The van der Waals surface area contributed by atoms with Gasteiger partial charge in [0.15, 0.2) is 11.5 Å². The molecule has 1 atom stereocenters.